The molecule has 0 aliphatic carbocycles. The first-order valence-corrected chi connectivity index (χ1v) is 8.23. The van der Waals surface area contributed by atoms with Gasteiger partial charge in [0.15, 0.2) is 0 Å². The van der Waals surface area contributed by atoms with Crippen LogP contribution in [-0.4, -0.2) is 0 Å². The molecule has 2 nitrogen and oxygen atoms in total. The molecule has 126 valence electrons. The Balaban J connectivity index is 1.51. The molecule has 0 fully saturated rings. The summed E-state index contributed by atoms with van der Waals surface area (Å²) in [6, 6.07) is 23.1. The highest BCUT2D eigenvalue weighted by Crippen LogP contribution is 2.16. The first-order valence-electron chi connectivity index (χ1n) is 8.23. The van der Waals surface area contributed by atoms with Crippen LogP contribution in [0, 0.1) is 24.7 Å². The SMILES string of the molecule is C#Cc1ccc(OCc2ccc(COc3ccc(C#C)cc3)cc2)cc1. The van der Waals surface area contributed by atoms with E-state index in [4.69, 9.17) is 22.3 Å². The highest BCUT2D eigenvalue weighted by Gasteiger charge is 2.00. The number of hydrogen-bond donors (Lipinski definition) is 0. The van der Waals surface area contributed by atoms with Crippen molar-refractivity contribution in [2.24, 2.45) is 0 Å². The Labute approximate surface area is 154 Å². The number of terminal acetylenes is 2. The molecule has 0 heterocycles. The molecule has 0 unspecified atom stereocenters. The zero-order valence-electron chi connectivity index (χ0n) is 14.3. The summed E-state index contributed by atoms with van der Waals surface area (Å²) >= 11 is 0. The zero-order chi connectivity index (χ0) is 18.2. The predicted molar refractivity (Wildman–Crippen MR) is 104 cm³/mol. The van der Waals surface area contributed by atoms with Crippen LogP contribution >= 0.6 is 0 Å². The summed E-state index contributed by atoms with van der Waals surface area (Å²) in [7, 11) is 0. The smallest absolute Gasteiger partial charge is 0.119 e. The monoisotopic (exact) mass is 338 g/mol. The quantitative estimate of drug-likeness (QED) is 0.601. The van der Waals surface area contributed by atoms with Gasteiger partial charge in [-0.25, -0.2) is 0 Å². The minimum atomic E-state index is 0.504. The summed E-state index contributed by atoms with van der Waals surface area (Å²) < 4.78 is 11.5. The van der Waals surface area contributed by atoms with Gasteiger partial charge < -0.3 is 9.47 Å². The van der Waals surface area contributed by atoms with E-state index in [1.165, 1.54) is 0 Å². The van der Waals surface area contributed by atoms with Crippen molar-refractivity contribution in [1.29, 1.82) is 0 Å². The van der Waals surface area contributed by atoms with Crippen LogP contribution in [0.1, 0.15) is 22.3 Å². The van der Waals surface area contributed by atoms with Crippen molar-refractivity contribution in [2.45, 2.75) is 13.2 Å². The zero-order valence-corrected chi connectivity index (χ0v) is 14.3. The molecular weight excluding hydrogens is 320 g/mol. The fourth-order valence-electron chi connectivity index (χ4n) is 2.36. The summed E-state index contributed by atoms with van der Waals surface area (Å²) in [6.07, 6.45) is 10.7. The van der Waals surface area contributed by atoms with Crippen LogP contribution in [0.4, 0.5) is 0 Å². The molecule has 0 bridgehead atoms. The van der Waals surface area contributed by atoms with Gasteiger partial charge in [-0.3, -0.25) is 0 Å². The average molecular weight is 338 g/mol. The summed E-state index contributed by atoms with van der Waals surface area (Å²) in [5, 5.41) is 0. The van der Waals surface area contributed by atoms with Crippen LogP contribution in [0.2, 0.25) is 0 Å². The third-order valence-electron chi connectivity index (χ3n) is 3.88. The fourth-order valence-corrected chi connectivity index (χ4v) is 2.36. The molecule has 0 radical (unpaired) electrons. The Hall–Kier alpha value is -3.62. The van der Waals surface area contributed by atoms with E-state index in [1.54, 1.807) is 0 Å². The molecule has 3 rings (SSSR count). The number of hydrogen-bond acceptors (Lipinski definition) is 2. The molecule has 3 aromatic carbocycles. The van der Waals surface area contributed by atoms with Gasteiger partial charge in [-0.05, 0) is 59.7 Å². The van der Waals surface area contributed by atoms with Crippen LogP contribution in [0.3, 0.4) is 0 Å². The largest absolute Gasteiger partial charge is 0.489 e. The Morgan fingerprint density at radius 2 is 0.885 bits per heavy atom. The van der Waals surface area contributed by atoms with Gasteiger partial charge in [0.2, 0.25) is 0 Å². The van der Waals surface area contributed by atoms with Crippen molar-refractivity contribution < 1.29 is 9.47 Å². The van der Waals surface area contributed by atoms with Crippen LogP contribution in [-0.2, 0) is 13.2 Å². The third kappa shape index (κ3) is 4.69. The Morgan fingerprint density at radius 1 is 0.538 bits per heavy atom. The topological polar surface area (TPSA) is 18.5 Å². The van der Waals surface area contributed by atoms with Gasteiger partial charge in [0.1, 0.15) is 24.7 Å². The molecule has 0 saturated heterocycles. The minimum absolute atomic E-state index is 0.504. The maximum atomic E-state index is 5.77. The molecule has 0 spiro atoms. The van der Waals surface area contributed by atoms with E-state index in [0.717, 1.165) is 33.8 Å². The fraction of sp³-hybridized carbons (Fsp3) is 0.0833. The van der Waals surface area contributed by atoms with Crippen molar-refractivity contribution in [3.63, 3.8) is 0 Å². The average Bonchev–Trinajstić information content (AvgIpc) is 2.72. The van der Waals surface area contributed by atoms with Crippen molar-refractivity contribution in [3.8, 4) is 36.2 Å². The van der Waals surface area contributed by atoms with E-state index in [-0.39, 0.29) is 0 Å². The molecule has 0 N–H and O–H groups in total. The second kappa shape index (κ2) is 8.47. The molecule has 0 aliphatic heterocycles. The van der Waals surface area contributed by atoms with Crippen LogP contribution in [0.25, 0.3) is 0 Å². The van der Waals surface area contributed by atoms with Gasteiger partial charge in [-0.2, -0.15) is 0 Å². The Morgan fingerprint density at radius 3 is 1.19 bits per heavy atom. The van der Waals surface area contributed by atoms with Gasteiger partial charge in [0.25, 0.3) is 0 Å². The van der Waals surface area contributed by atoms with Crippen molar-refractivity contribution in [3.05, 3.63) is 95.1 Å². The summed E-state index contributed by atoms with van der Waals surface area (Å²) in [6.45, 7) is 1.01. The standard InChI is InChI=1S/C24H18O2/c1-3-19-9-13-23(14-10-19)25-17-21-5-7-22(8-6-21)18-26-24-15-11-20(4-2)12-16-24/h1-2,5-16H,17-18H2. The molecule has 3 aromatic rings. The number of rotatable bonds is 6. The van der Waals surface area contributed by atoms with Gasteiger partial charge in [-0.15, -0.1) is 12.8 Å². The normalized spacial score (nSPS) is 9.77. The van der Waals surface area contributed by atoms with Gasteiger partial charge in [0.05, 0.1) is 0 Å². The van der Waals surface area contributed by atoms with E-state index >= 15 is 0 Å². The number of benzene rings is 3. The molecule has 2 heteroatoms. The molecular formula is C24H18O2. The second-order valence-corrected chi connectivity index (χ2v) is 5.73. The lowest BCUT2D eigenvalue weighted by molar-refractivity contribution is 0.302. The first kappa shape index (κ1) is 17.2. The van der Waals surface area contributed by atoms with E-state index < -0.39 is 0 Å². The highest BCUT2D eigenvalue weighted by molar-refractivity contribution is 5.37. The summed E-state index contributed by atoms with van der Waals surface area (Å²) in [5.74, 6) is 6.77. The molecule has 0 aliphatic rings. The molecule has 0 atom stereocenters. The Bertz CT molecular complexity index is 841. The minimum Gasteiger partial charge on any atom is -0.489 e. The van der Waals surface area contributed by atoms with Crippen LogP contribution in [0.5, 0.6) is 11.5 Å². The lowest BCUT2D eigenvalue weighted by Gasteiger charge is -2.09. The van der Waals surface area contributed by atoms with Gasteiger partial charge in [0, 0.05) is 11.1 Å². The van der Waals surface area contributed by atoms with Crippen LogP contribution in [0.15, 0.2) is 72.8 Å². The van der Waals surface area contributed by atoms with E-state index in [2.05, 4.69) is 11.8 Å². The van der Waals surface area contributed by atoms with Crippen molar-refractivity contribution in [2.75, 3.05) is 0 Å². The summed E-state index contributed by atoms with van der Waals surface area (Å²) in [5.41, 5.74) is 3.87. The van der Waals surface area contributed by atoms with Gasteiger partial charge >= 0.3 is 0 Å². The van der Waals surface area contributed by atoms with E-state index in [9.17, 15) is 0 Å². The molecule has 26 heavy (non-hydrogen) atoms. The lowest BCUT2D eigenvalue weighted by Crippen LogP contribution is -1.98. The third-order valence-corrected chi connectivity index (χ3v) is 3.88. The molecule has 0 saturated carbocycles. The number of ether oxygens (including phenoxy) is 2. The van der Waals surface area contributed by atoms with Crippen molar-refractivity contribution in [1.82, 2.24) is 0 Å². The molecule has 0 amide bonds. The molecule has 0 aromatic heterocycles. The first-order chi connectivity index (χ1) is 12.8. The van der Waals surface area contributed by atoms with Crippen LogP contribution < -0.4 is 9.47 Å². The van der Waals surface area contributed by atoms with Crippen molar-refractivity contribution >= 4 is 0 Å². The highest BCUT2D eigenvalue weighted by atomic mass is 16.5. The van der Waals surface area contributed by atoms with Gasteiger partial charge in [-0.1, -0.05) is 36.1 Å². The van der Waals surface area contributed by atoms with E-state index in [0.29, 0.717) is 13.2 Å². The van der Waals surface area contributed by atoms with E-state index in [1.807, 2.05) is 72.8 Å². The lowest BCUT2D eigenvalue weighted by atomic mass is 10.1. The second-order valence-electron chi connectivity index (χ2n) is 5.73. The summed E-state index contributed by atoms with van der Waals surface area (Å²) in [4.78, 5) is 0. The predicted octanol–water partition coefficient (Wildman–Crippen LogP) is 4.81. The Kier molecular flexibility index (Phi) is 5.61. The maximum Gasteiger partial charge on any atom is 0.119 e. The maximum absolute atomic E-state index is 5.77.